The molecule has 2 nitrogen and oxygen atoms in total. The molecule has 0 heterocycles. The molecule has 110 valence electrons. The van der Waals surface area contributed by atoms with Gasteiger partial charge in [-0.25, -0.2) is 0 Å². The molecule has 0 bridgehead atoms. The first-order valence-corrected chi connectivity index (χ1v) is 7.28. The average molecular weight is 282 g/mol. The van der Waals surface area contributed by atoms with Crippen LogP contribution in [0.2, 0.25) is 0 Å². The lowest BCUT2D eigenvalue weighted by Gasteiger charge is -2.17. The fraction of sp³-hybridized carbons (Fsp3) is 0.263. The van der Waals surface area contributed by atoms with E-state index < -0.39 is 6.10 Å². The Balaban J connectivity index is 2.10. The minimum Gasteiger partial charge on any atom is -0.392 e. The van der Waals surface area contributed by atoms with Gasteiger partial charge in [-0.1, -0.05) is 66.2 Å². The van der Waals surface area contributed by atoms with E-state index in [2.05, 4.69) is 12.1 Å². The third-order valence-electron chi connectivity index (χ3n) is 3.80. The molecule has 0 saturated heterocycles. The van der Waals surface area contributed by atoms with Crippen molar-refractivity contribution in [3.63, 3.8) is 0 Å². The molecule has 0 aliphatic heterocycles. The van der Waals surface area contributed by atoms with Gasteiger partial charge >= 0.3 is 0 Å². The molecule has 2 aromatic carbocycles. The molecule has 2 rings (SSSR count). The molecule has 0 saturated carbocycles. The summed E-state index contributed by atoms with van der Waals surface area (Å²) < 4.78 is 0. The van der Waals surface area contributed by atoms with Crippen molar-refractivity contribution in [2.45, 2.75) is 25.9 Å². The number of hydrogen-bond donors (Lipinski definition) is 2. The summed E-state index contributed by atoms with van der Waals surface area (Å²) in [6.45, 7) is 1.87. The summed E-state index contributed by atoms with van der Waals surface area (Å²) >= 11 is 0. The molecular formula is C19H22O2. The van der Waals surface area contributed by atoms with Crippen molar-refractivity contribution in [3.8, 4) is 0 Å². The molecule has 21 heavy (non-hydrogen) atoms. The lowest BCUT2D eigenvalue weighted by molar-refractivity contribution is 0.188. The maximum atomic E-state index is 10.4. The van der Waals surface area contributed by atoms with Gasteiger partial charge in [-0.05, 0) is 36.5 Å². The molecule has 0 aromatic heterocycles. The first kappa shape index (κ1) is 15.5. The van der Waals surface area contributed by atoms with E-state index in [0.717, 1.165) is 24.0 Å². The number of aryl methyl sites for hydroxylation is 1. The number of aliphatic hydroxyl groups excluding tert-OH is 2. The zero-order chi connectivity index (χ0) is 15.1. The van der Waals surface area contributed by atoms with Crippen LogP contribution in [0, 0.1) is 0 Å². The van der Waals surface area contributed by atoms with Crippen LogP contribution in [-0.2, 0) is 6.42 Å². The fourth-order valence-corrected chi connectivity index (χ4v) is 2.43. The number of benzene rings is 2. The first-order valence-electron chi connectivity index (χ1n) is 7.28. The van der Waals surface area contributed by atoms with Crippen molar-refractivity contribution in [2.24, 2.45) is 0 Å². The van der Waals surface area contributed by atoms with Crippen LogP contribution in [0.15, 0.2) is 71.8 Å². The van der Waals surface area contributed by atoms with Crippen LogP contribution < -0.4 is 0 Å². The summed E-state index contributed by atoms with van der Waals surface area (Å²) in [5.74, 6) is 0. The van der Waals surface area contributed by atoms with Crippen molar-refractivity contribution in [1.82, 2.24) is 0 Å². The van der Waals surface area contributed by atoms with Crippen LogP contribution in [0.1, 0.15) is 30.6 Å². The highest BCUT2D eigenvalue weighted by molar-refractivity contribution is 5.29. The van der Waals surface area contributed by atoms with Gasteiger partial charge in [-0.15, -0.1) is 0 Å². The maximum Gasteiger partial charge on any atom is 0.103 e. The minimum absolute atomic E-state index is 0.114. The van der Waals surface area contributed by atoms with E-state index in [1.807, 2.05) is 55.5 Å². The van der Waals surface area contributed by atoms with Crippen LogP contribution in [-0.4, -0.2) is 16.8 Å². The molecule has 2 aromatic rings. The summed E-state index contributed by atoms with van der Waals surface area (Å²) in [6.07, 6.45) is 1.02. The van der Waals surface area contributed by atoms with Gasteiger partial charge in [-0.3, -0.25) is 0 Å². The molecule has 1 atom stereocenters. The maximum absolute atomic E-state index is 10.4. The Hall–Kier alpha value is -1.90. The largest absolute Gasteiger partial charge is 0.392 e. The molecule has 0 spiro atoms. The topological polar surface area (TPSA) is 40.5 Å². The molecular weight excluding hydrogens is 260 g/mol. The summed E-state index contributed by atoms with van der Waals surface area (Å²) in [7, 11) is 0. The van der Waals surface area contributed by atoms with E-state index in [4.69, 9.17) is 0 Å². The SMILES string of the molecule is CC(CCc1ccccc1)=C(CO)C(O)c1ccccc1. The van der Waals surface area contributed by atoms with E-state index in [-0.39, 0.29) is 6.61 Å². The van der Waals surface area contributed by atoms with Crippen molar-refractivity contribution in [2.75, 3.05) is 6.61 Å². The Morgan fingerprint density at radius 3 is 2.10 bits per heavy atom. The van der Waals surface area contributed by atoms with Gasteiger partial charge in [0.25, 0.3) is 0 Å². The molecule has 0 aliphatic rings. The molecule has 2 N–H and O–H groups in total. The normalized spacial score (nSPS) is 13.7. The van der Waals surface area contributed by atoms with Crippen molar-refractivity contribution >= 4 is 0 Å². The van der Waals surface area contributed by atoms with Crippen LogP contribution in [0.4, 0.5) is 0 Å². The quantitative estimate of drug-likeness (QED) is 0.794. The van der Waals surface area contributed by atoms with E-state index in [0.29, 0.717) is 5.57 Å². The summed E-state index contributed by atoms with van der Waals surface area (Å²) in [5.41, 5.74) is 3.85. The lowest BCUT2D eigenvalue weighted by atomic mass is 9.94. The third-order valence-corrected chi connectivity index (χ3v) is 3.80. The standard InChI is InChI=1S/C19H22O2/c1-15(12-13-16-8-4-2-5-9-16)18(14-20)19(21)17-10-6-3-7-11-17/h2-11,19-21H,12-14H2,1H3. The third kappa shape index (κ3) is 4.28. The highest BCUT2D eigenvalue weighted by atomic mass is 16.3. The van der Waals surface area contributed by atoms with Crippen molar-refractivity contribution < 1.29 is 10.2 Å². The summed E-state index contributed by atoms with van der Waals surface area (Å²) in [4.78, 5) is 0. The number of allylic oxidation sites excluding steroid dienone is 1. The zero-order valence-corrected chi connectivity index (χ0v) is 12.4. The predicted octanol–water partition coefficient (Wildman–Crippen LogP) is 3.66. The number of rotatable bonds is 6. The molecule has 0 amide bonds. The van der Waals surface area contributed by atoms with E-state index >= 15 is 0 Å². The van der Waals surface area contributed by atoms with Gasteiger partial charge in [0.2, 0.25) is 0 Å². The van der Waals surface area contributed by atoms with Gasteiger partial charge in [0.05, 0.1) is 6.61 Å². The molecule has 1 unspecified atom stereocenters. The number of hydrogen-bond acceptors (Lipinski definition) is 2. The Morgan fingerprint density at radius 1 is 0.952 bits per heavy atom. The first-order chi connectivity index (χ1) is 10.2. The highest BCUT2D eigenvalue weighted by Gasteiger charge is 2.15. The fourth-order valence-electron chi connectivity index (χ4n) is 2.43. The van der Waals surface area contributed by atoms with Gasteiger partial charge < -0.3 is 10.2 Å². The Labute approximate surface area is 126 Å². The van der Waals surface area contributed by atoms with E-state index in [1.165, 1.54) is 5.56 Å². The van der Waals surface area contributed by atoms with Gasteiger partial charge in [0.15, 0.2) is 0 Å². The average Bonchev–Trinajstić information content (AvgIpc) is 2.55. The molecule has 0 aliphatic carbocycles. The zero-order valence-electron chi connectivity index (χ0n) is 12.4. The van der Waals surface area contributed by atoms with Crippen LogP contribution in [0.3, 0.4) is 0 Å². The lowest BCUT2D eigenvalue weighted by Crippen LogP contribution is -2.08. The highest BCUT2D eigenvalue weighted by Crippen LogP contribution is 2.25. The van der Waals surface area contributed by atoms with Gasteiger partial charge in [0.1, 0.15) is 6.10 Å². The second kappa shape index (κ2) is 7.77. The Bertz CT molecular complexity index is 573. The second-order valence-electron chi connectivity index (χ2n) is 5.26. The second-order valence-corrected chi connectivity index (χ2v) is 5.26. The monoisotopic (exact) mass is 282 g/mol. The van der Waals surface area contributed by atoms with Gasteiger partial charge in [-0.2, -0.15) is 0 Å². The Morgan fingerprint density at radius 2 is 1.52 bits per heavy atom. The molecule has 0 radical (unpaired) electrons. The summed E-state index contributed by atoms with van der Waals surface area (Å²) in [5, 5.41) is 20.0. The van der Waals surface area contributed by atoms with Crippen LogP contribution in [0.25, 0.3) is 0 Å². The van der Waals surface area contributed by atoms with Gasteiger partial charge in [0, 0.05) is 0 Å². The Kier molecular flexibility index (Phi) is 5.73. The minimum atomic E-state index is -0.730. The van der Waals surface area contributed by atoms with E-state index in [9.17, 15) is 10.2 Å². The molecule has 2 heteroatoms. The molecule has 0 fully saturated rings. The van der Waals surface area contributed by atoms with Crippen LogP contribution in [0.5, 0.6) is 0 Å². The summed E-state index contributed by atoms with van der Waals surface area (Å²) in [6, 6.07) is 19.7. The predicted molar refractivity (Wildman–Crippen MR) is 86.0 cm³/mol. The number of aliphatic hydroxyl groups is 2. The van der Waals surface area contributed by atoms with Crippen molar-refractivity contribution in [1.29, 1.82) is 0 Å². The smallest absolute Gasteiger partial charge is 0.103 e. The van der Waals surface area contributed by atoms with Crippen molar-refractivity contribution in [3.05, 3.63) is 82.9 Å². The van der Waals surface area contributed by atoms with E-state index in [1.54, 1.807) is 0 Å². The van der Waals surface area contributed by atoms with Crippen LogP contribution >= 0.6 is 0 Å².